The monoisotopic (exact) mass is 527 g/mol. The van der Waals surface area contributed by atoms with E-state index in [0.717, 1.165) is 4.68 Å². The lowest BCUT2D eigenvalue weighted by molar-refractivity contribution is 0.0936. The van der Waals surface area contributed by atoms with Crippen molar-refractivity contribution in [3.8, 4) is 0 Å². The van der Waals surface area contributed by atoms with Crippen LogP contribution in [0.3, 0.4) is 0 Å². The molecule has 12 heteroatoms. The fraction of sp³-hybridized carbons (Fsp3) is 0.143. The molecule has 0 unspecified atom stereocenters. The molecule has 2 aromatic carbocycles. The summed E-state index contributed by atoms with van der Waals surface area (Å²) in [5.74, 6) is -2.01. The largest absolute Gasteiger partial charge is 0.351 e. The topological polar surface area (TPSA) is 119 Å². The van der Waals surface area contributed by atoms with Gasteiger partial charge in [0.1, 0.15) is 0 Å². The van der Waals surface area contributed by atoms with Crippen LogP contribution >= 0.6 is 46.4 Å². The van der Waals surface area contributed by atoms with Gasteiger partial charge in [0.2, 0.25) is 0 Å². The molecule has 1 heterocycles. The van der Waals surface area contributed by atoms with Gasteiger partial charge in [-0.25, -0.2) is 4.68 Å². The average Bonchev–Trinajstić information content (AvgIpc) is 3.17. The van der Waals surface area contributed by atoms with E-state index in [-0.39, 0.29) is 49.1 Å². The molecule has 0 spiro atoms. The van der Waals surface area contributed by atoms with Crippen molar-refractivity contribution in [1.82, 2.24) is 15.1 Å². The predicted octanol–water partition coefficient (Wildman–Crippen LogP) is 4.52. The minimum absolute atomic E-state index is 0.00329. The number of carbonyl (C=O) groups is 3. The average molecular weight is 529 g/mol. The lowest BCUT2D eigenvalue weighted by Crippen LogP contribution is -2.28. The first-order valence-corrected chi connectivity index (χ1v) is 11.1. The number of amides is 2. The Kier molecular flexibility index (Phi) is 8.34. The van der Waals surface area contributed by atoms with Crippen molar-refractivity contribution in [3.63, 3.8) is 0 Å². The van der Waals surface area contributed by atoms with Crippen molar-refractivity contribution in [2.24, 2.45) is 5.73 Å². The van der Waals surface area contributed by atoms with Gasteiger partial charge in [0.05, 0.1) is 43.1 Å². The van der Waals surface area contributed by atoms with E-state index >= 15 is 0 Å². The number of hydrogen-bond acceptors (Lipinski definition) is 5. The van der Waals surface area contributed by atoms with Crippen LogP contribution in [0.15, 0.2) is 42.6 Å². The summed E-state index contributed by atoms with van der Waals surface area (Å²) in [4.78, 5) is 38.6. The Hall–Kier alpha value is -2.62. The zero-order valence-electron chi connectivity index (χ0n) is 16.9. The second-order valence-electron chi connectivity index (χ2n) is 6.69. The van der Waals surface area contributed by atoms with Crippen LogP contribution < -0.4 is 16.4 Å². The van der Waals surface area contributed by atoms with E-state index in [0.29, 0.717) is 13.0 Å². The first-order valence-electron chi connectivity index (χ1n) is 9.56. The molecule has 0 aliphatic carbocycles. The van der Waals surface area contributed by atoms with E-state index < -0.39 is 17.7 Å². The van der Waals surface area contributed by atoms with E-state index in [2.05, 4.69) is 15.7 Å². The summed E-state index contributed by atoms with van der Waals surface area (Å²) >= 11 is 24.5. The summed E-state index contributed by atoms with van der Waals surface area (Å²) < 4.78 is 0.870. The Labute approximate surface area is 208 Å². The maximum absolute atomic E-state index is 13.0. The quantitative estimate of drug-likeness (QED) is 0.389. The van der Waals surface area contributed by atoms with Crippen LogP contribution in [0.25, 0.3) is 0 Å². The zero-order valence-corrected chi connectivity index (χ0v) is 19.9. The fourth-order valence-electron chi connectivity index (χ4n) is 2.84. The number of anilines is 1. The third-order valence-electron chi connectivity index (χ3n) is 4.42. The van der Waals surface area contributed by atoms with E-state index in [1.54, 1.807) is 12.1 Å². The van der Waals surface area contributed by atoms with Gasteiger partial charge in [-0.15, -0.1) is 0 Å². The summed E-state index contributed by atoms with van der Waals surface area (Å²) in [7, 11) is 0. The molecule has 0 fully saturated rings. The van der Waals surface area contributed by atoms with Gasteiger partial charge in [-0.05, 0) is 37.2 Å². The molecule has 1 aromatic heterocycles. The van der Waals surface area contributed by atoms with Gasteiger partial charge in [-0.3, -0.25) is 14.4 Å². The Balaban J connectivity index is 2.00. The molecule has 2 amide bonds. The molecule has 4 N–H and O–H groups in total. The van der Waals surface area contributed by atoms with Crippen LogP contribution in [-0.4, -0.2) is 40.6 Å². The second kappa shape index (κ2) is 11.0. The Morgan fingerprint density at radius 2 is 1.42 bits per heavy atom. The van der Waals surface area contributed by atoms with Gasteiger partial charge in [0.15, 0.2) is 5.69 Å². The molecule has 0 bridgehead atoms. The second-order valence-corrected chi connectivity index (χ2v) is 8.32. The number of halogens is 4. The van der Waals surface area contributed by atoms with Crippen LogP contribution in [0.4, 0.5) is 5.69 Å². The van der Waals surface area contributed by atoms with Crippen LogP contribution in [0.5, 0.6) is 0 Å². The smallest absolute Gasteiger partial charge is 0.281 e. The van der Waals surface area contributed by atoms with Crippen molar-refractivity contribution < 1.29 is 14.4 Å². The van der Waals surface area contributed by atoms with Crippen LogP contribution in [0.2, 0.25) is 20.1 Å². The molecule has 0 saturated carbocycles. The highest BCUT2D eigenvalue weighted by Gasteiger charge is 2.25. The molecule has 8 nitrogen and oxygen atoms in total. The number of carbonyl (C=O) groups excluding carboxylic acids is 3. The minimum atomic E-state index is -0.696. The molecule has 0 aliphatic rings. The Bertz CT molecular complexity index is 1190. The Morgan fingerprint density at radius 1 is 0.879 bits per heavy atom. The van der Waals surface area contributed by atoms with E-state index in [4.69, 9.17) is 52.1 Å². The van der Waals surface area contributed by atoms with Crippen molar-refractivity contribution in [1.29, 1.82) is 0 Å². The highest BCUT2D eigenvalue weighted by atomic mass is 35.5. The molecule has 3 rings (SSSR count). The highest BCUT2D eigenvalue weighted by Crippen LogP contribution is 2.28. The third-order valence-corrected chi connectivity index (χ3v) is 5.68. The molecule has 0 saturated heterocycles. The number of hydrogen-bond donors (Lipinski definition) is 3. The fourth-order valence-corrected chi connectivity index (χ4v) is 3.97. The van der Waals surface area contributed by atoms with Crippen molar-refractivity contribution in [3.05, 3.63) is 79.5 Å². The third kappa shape index (κ3) is 5.66. The minimum Gasteiger partial charge on any atom is -0.351 e. The van der Waals surface area contributed by atoms with Gasteiger partial charge < -0.3 is 16.4 Å². The lowest BCUT2D eigenvalue weighted by atomic mass is 10.2. The van der Waals surface area contributed by atoms with E-state index in [9.17, 15) is 14.4 Å². The predicted molar refractivity (Wildman–Crippen MR) is 129 cm³/mol. The summed E-state index contributed by atoms with van der Waals surface area (Å²) in [5.41, 5.74) is 5.20. The SMILES string of the molecule is NCCCNC(=O)c1nn(C(=O)c2c(Cl)cccc2Cl)cc1NC(=O)c1c(Cl)cccc1Cl. The zero-order chi connectivity index (χ0) is 24.1. The number of nitrogens with one attached hydrogen (secondary N) is 2. The molecule has 33 heavy (non-hydrogen) atoms. The number of benzene rings is 2. The maximum atomic E-state index is 13.0. The molecular formula is C21H17Cl4N5O3. The number of nitrogens with two attached hydrogens (primary N) is 1. The van der Waals surface area contributed by atoms with Crippen LogP contribution in [-0.2, 0) is 0 Å². The standard InChI is InChI=1S/C21H17Cl4N5O3/c22-11-4-1-5-12(23)16(11)19(31)28-15-10-30(29-18(15)20(32)27-9-3-8-26)21(33)17-13(24)6-2-7-14(17)25/h1-2,4-7,10H,3,8-9,26H2,(H,27,32)(H,28,31). The van der Waals surface area contributed by atoms with Crippen LogP contribution in [0.1, 0.15) is 37.6 Å². The van der Waals surface area contributed by atoms with Gasteiger partial charge in [0.25, 0.3) is 17.7 Å². The highest BCUT2D eigenvalue weighted by molar-refractivity contribution is 6.41. The lowest BCUT2D eigenvalue weighted by Gasteiger charge is -2.08. The first-order chi connectivity index (χ1) is 15.7. The normalized spacial score (nSPS) is 10.7. The number of rotatable bonds is 7. The molecule has 0 atom stereocenters. The van der Waals surface area contributed by atoms with Crippen molar-refractivity contribution in [2.45, 2.75) is 6.42 Å². The van der Waals surface area contributed by atoms with Crippen molar-refractivity contribution >= 4 is 69.8 Å². The molecule has 172 valence electrons. The van der Waals surface area contributed by atoms with Gasteiger partial charge in [-0.2, -0.15) is 5.10 Å². The van der Waals surface area contributed by atoms with Crippen molar-refractivity contribution in [2.75, 3.05) is 18.4 Å². The molecule has 0 radical (unpaired) electrons. The van der Waals surface area contributed by atoms with Gasteiger partial charge >= 0.3 is 0 Å². The van der Waals surface area contributed by atoms with Crippen LogP contribution in [0, 0.1) is 0 Å². The summed E-state index contributed by atoms with van der Waals surface area (Å²) in [6.45, 7) is 0.642. The van der Waals surface area contributed by atoms with E-state index in [1.807, 2.05) is 0 Å². The Morgan fingerprint density at radius 3 is 1.97 bits per heavy atom. The number of nitrogens with zero attached hydrogens (tertiary/aromatic N) is 2. The van der Waals surface area contributed by atoms with E-state index in [1.165, 1.54) is 30.5 Å². The molecule has 3 aromatic rings. The first kappa shape index (κ1) is 25.0. The molecular weight excluding hydrogens is 512 g/mol. The maximum Gasteiger partial charge on any atom is 0.281 e. The summed E-state index contributed by atoms with van der Waals surface area (Å²) in [6.07, 6.45) is 1.71. The summed E-state index contributed by atoms with van der Waals surface area (Å²) in [6, 6.07) is 9.14. The summed E-state index contributed by atoms with van der Waals surface area (Å²) in [5, 5.41) is 9.66. The van der Waals surface area contributed by atoms with Gasteiger partial charge in [0, 0.05) is 6.54 Å². The number of aromatic nitrogens is 2. The molecule has 0 aliphatic heterocycles. The van der Waals surface area contributed by atoms with Gasteiger partial charge in [-0.1, -0.05) is 58.5 Å².